The van der Waals surface area contributed by atoms with Crippen LogP contribution in [0.25, 0.3) is 142 Å². The van der Waals surface area contributed by atoms with E-state index in [0.29, 0.717) is 17.5 Å². The van der Waals surface area contributed by atoms with Crippen LogP contribution < -0.4 is 0 Å². The Bertz CT molecular complexity index is 4930. The molecule has 0 saturated carbocycles. The van der Waals surface area contributed by atoms with E-state index < -0.39 is 0 Å². The zero-order chi connectivity index (χ0) is 50.7. The van der Waals surface area contributed by atoms with Gasteiger partial charge in [-0.15, -0.1) is 11.3 Å². The summed E-state index contributed by atoms with van der Waals surface area (Å²) < 4.78 is 12.3. The molecule has 16 rings (SSSR count). The Labute approximate surface area is 454 Å². The lowest BCUT2D eigenvalue weighted by atomic mass is 9.84. The summed E-state index contributed by atoms with van der Waals surface area (Å²) in [6.07, 6.45) is 7.87. The molecule has 362 valence electrons. The maximum absolute atomic E-state index is 6.27. The Morgan fingerprint density at radius 2 is 1.13 bits per heavy atom. The molecule has 1 unspecified atom stereocenters. The molecule has 8 heteroatoms. The number of allylic oxidation sites excluding steroid dienone is 4. The third-order valence-electron chi connectivity index (χ3n) is 15.7. The van der Waals surface area contributed by atoms with Gasteiger partial charge in [0.15, 0.2) is 17.5 Å². The van der Waals surface area contributed by atoms with Gasteiger partial charge in [0.1, 0.15) is 11.2 Å². The molecule has 1 aliphatic carbocycles. The number of aromatic amines is 1. The number of H-pyrrole nitrogens is 1. The number of furan rings is 1. The Kier molecular flexibility index (Phi) is 9.99. The van der Waals surface area contributed by atoms with Gasteiger partial charge in [-0.1, -0.05) is 174 Å². The number of nitrogens with one attached hydrogen (secondary N) is 1. The van der Waals surface area contributed by atoms with Gasteiger partial charge in [-0.25, -0.2) is 15.0 Å². The number of hydrogen-bond donors (Lipinski definition) is 1. The van der Waals surface area contributed by atoms with Crippen molar-refractivity contribution in [3.05, 3.63) is 246 Å². The first-order valence-corrected chi connectivity index (χ1v) is 27.5. The van der Waals surface area contributed by atoms with E-state index in [-0.39, 0.29) is 5.92 Å². The SMILES string of the molecule is Brc1ccc(-c2nc(-c3ccc(-c4ccc5sc6c(C7=CC=CC(c8cccc9c8[nH]c8ccc(-n%10c%11ccccc%11c%11ccccc%11%10)cc89)C7)cccc6c5c4)cc3)nc(-c3ccc4c(c3)oc3ccccc34)n2)cc1. The van der Waals surface area contributed by atoms with Crippen molar-refractivity contribution in [2.24, 2.45) is 0 Å². The lowest BCUT2D eigenvalue weighted by molar-refractivity contribution is 0.669. The van der Waals surface area contributed by atoms with E-state index in [2.05, 4.69) is 208 Å². The molecule has 10 aromatic carbocycles. The first-order chi connectivity index (χ1) is 38.0. The van der Waals surface area contributed by atoms with Crippen molar-refractivity contribution in [2.45, 2.75) is 12.3 Å². The summed E-state index contributed by atoms with van der Waals surface area (Å²) in [5.74, 6) is 2.01. The van der Waals surface area contributed by atoms with Crippen molar-refractivity contribution in [1.29, 1.82) is 0 Å². The van der Waals surface area contributed by atoms with E-state index in [0.717, 1.165) is 71.9 Å². The largest absolute Gasteiger partial charge is 0.456 e. The third-order valence-corrected chi connectivity index (χ3v) is 17.4. The topological polar surface area (TPSA) is 72.5 Å². The van der Waals surface area contributed by atoms with Crippen LogP contribution in [-0.2, 0) is 0 Å². The van der Waals surface area contributed by atoms with Crippen LogP contribution in [0.15, 0.2) is 239 Å². The highest BCUT2D eigenvalue weighted by Crippen LogP contribution is 2.45. The molecule has 1 N–H and O–H groups in total. The predicted molar refractivity (Wildman–Crippen MR) is 324 cm³/mol. The van der Waals surface area contributed by atoms with Gasteiger partial charge in [-0.05, 0) is 107 Å². The maximum atomic E-state index is 6.27. The molecule has 6 nitrogen and oxygen atoms in total. The zero-order valence-electron chi connectivity index (χ0n) is 41.2. The number of rotatable bonds is 7. The monoisotopic (exact) mass is 1070 g/mol. The number of hydrogen-bond acceptors (Lipinski definition) is 5. The predicted octanol–water partition coefficient (Wildman–Crippen LogP) is 19.4. The van der Waals surface area contributed by atoms with Gasteiger partial charge in [0.2, 0.25) is 0 Å². The standard InChI is InChI=1S/C69H42BrN5OS/c70-47-30-26-42(27-31-47)68-72-67(73-69(74-68)46-28-33-54-53-14-3-6-21-62(53)76-63(54)38-46)41-24-22-40(23-25-41)43-29-35-64-58(37-43)56-18-9-16-50(66(56)77-64)45-11-7-10-44(36-45)49-15-8-17-55-57-39-48(32-34-59(57)71-65(49)55)75-60-19-4-1-12-51(60)52-13-2-5-20-61(52)75/h1-35,37-39,44,71H,36H2. The number of fused-ring (bicyclic) bond motifs is 12. The Balaban J connectivity index is 0.706. The number of nitrogens with zero attached hydrogens (tertiary/aromatic N) is 4. The molecule has 1 aliphatic rings. The van der Waals surface area contributed by atoms with Crippen molar-refractivity contribution < 1.29 is 4.42 Å². The van der Waals surface area contributed by atoms with Gasteiger partial charge >= 0.3 is 0 Å². The van der Waals surface area contributed by atoms with Gasteiger partial charge in [0, 0.05) is 90.8 Å². The fourth-order valence-corrected chi connectivity index (χ4v) is 13.4. The Hall–Kier alpha value is -9.21. The molecule has 5 aromatic heterocycles. The highest BCUT2D eigenvalue weighted by molar-refractivity contribution is 9.10. The van der Waals surface area contributed by atoms with Gasteiger partial charge in [-0.2, -0.15) is 0 Å². The van der Waals surface area contributed by atoms with Crippen LogP contribution in [0.3, 0.4) is 0 Å². The molecule has 15 aromatic rings. The first kappa shape index (κ1) is 44.1. The summed E-state index contributed by atoms with van der Waals surface area (Å²) in [4.78, 5) is 19.0. The van der Waals surface area contributed by atoms with Crippen molar-refractivity contribution in [2.75, 3.05) is 0 Å². The lowest BCUT2D eigenvalue weighted by Crippen LogP contribution is -2.02. The Morgan fingerprint density at radius 3 is 1.92 bits per heavy atom. The molecule has 0 amide bonds. The molecule has 0 bridgehead atoms. The maximum Gasteiger partial charge on any atom is 0.164 e. The summed E-state index contributed by atoms with van der Waals surface area (Å²) >= 11 is 5.48. The molecular formula is C69H42BrN5OS. The molecule has 77 heavy (non-hydrogen) atoms. The van der Waals surface area contributed by atoms with Crippen molar-refractivity contribution >= 4 is 119 Å². The third kappa shape index (κ3) is 7.24. The van der Waals surface area contributed by atoms with Crippen LogP contribution in [0.1, 0.15) is 23.5 Å². The molecule has 0 aliphatic heterocycles. The van der Waals surface area contributed by atoms with E-state index in [1.54, 1.807) is 0 Å². The average molecular weight is 1070 g/mol. The molecule has 1 atom stereocenters. The van der Waals surface area contributed by atoms with Crippen LogP contribution in [-0.4, -0.2) is 24.5 Å². The zero-order valence-corrected chi connectivity index (χ0v) is 43.6. The van der Waals surface area contributed by atoms with Crippen LogP contribution in [0.4, 0.5) is 0 Å². The minimum Gasteiger partial charge on any atom is -0.456 e. The second-order valence-corrected chi connectivity index (χ2v) is 22.0. The Morgan fingerprint density at radius 1 is 0.494 bits per heavy atom. The molecular weight excluding hydrogens is 1030 g/mol. The number of aromatic nitrogens is 5. The van der Waals surface area contributed by atoms with Gasteiger partial charge < -0.3 is 14.0 Å². The van der Waals surface area contributed by atoms with Crippen LogP contribution in [0.5, 0.6) is 0 Å². The lowest BCUT2D eigenvalue weighted by Gasteiger charge is -2.20. The van der Waals surface area contributed by atoms with Gasteiger partial charge in [0.25, 0.3) is 0 Å². The molecule has 0 fully saturated rings. The van der Waals surface area contributed by atoms with Crippen LogP contribution in [0, 0.1) is 0 Å². The summed E-state index contributed by atoms with van der Waals surface area (Å²) in [5, 5.41) is 9.72. The summed E-state index contributed by atoms with van der Waals surface area (Å²) in [7, 11) is 0. The summed E-state index contributed by atoms with van der Waals surface area (Å²) in [6.45, 7) is 0. The molecule has 0 radical (unpaired) electrons. The molecule has 0 saturated heterocycles. The van der Waals surface area contributed by atoms with Gasteiger partial charge in [-0.3, -0.25) is 0 Å². The van der Waals surface area contributed by atoms with Crippen LogP contribution >= 0.6 is 27.3 Å². The van der Waals surface area contributed by atoms with Gasteiger partial charge in [0.05, 0.1) is 16.6 Å². The minimum atomic E-state index is 0.214. The molecule has 0 spiro atoms. The normalized spacial score (nSPS) is 13.9. The van der Waals surface area contributed by atoms with E-state index in [9.17, 15) is 0 Å². The number of benzene rings is 10. The second-order valence-electron chi connectivity index (χ2n) is 20.1. The number of thiophene rings is 1. The highest BCUT2D eigenvalue weighted by atomic mass is 79.9. The number of halogens is 1. The van der Waals surface area contributed by atoms with E-state index in [4.69, 9.17) is 19.4 Å². The minimum absolute atomic E-state index is 0.214. The fraction of sp³-hybridized carbons (Fsp3) is 0.0290. The first-order valence-electron chi connectivity index (χ1n) is 25.9. The fourth-order valence-electron chi connectivity index (χ4n) is 11.9. The quantitative estimate of drug-likeness (QED) is 0.173. The van der Waals surface area contributed by atoms with E-state index in [1.807, 2.05) is 59.9 Å². The van der Waals surface area contributed by atoms with E-state index >= 15 is 0 Å². The molecule has 5 heterocycles. The highest BCUT2D eigenvalue weighted by Gasteiger charge is 2.23. The van der Waals surface area contributed by atoms with Crippen LogP contribution in [0.2, 0.25) is 0 Å². The van der Waals surface area contributed by atoms with E-state index in [1.165, 1.54) is 75.0 Å². The summed E-state index contributed by atoms with van der Waals surface area (Å²) in [5.41, 5.74) is 16.5. The second kappa shape index (κ2) is 17.4. The van der Waals surface area contributed by atoms with Crippen molar-refractivity contribution in [3.8, 4) is 51.0 Å². The smallest absolute Gasteiger partial charge is 0.164 e. The number of para-hydroxylation sites is 4. The van der Waals surface area contributed by atoms with Crippen molar-refractivity contribution in [3.63, 3.8) is 0 Å². The van der Waals surface area contributed by atoms with Crippen molar-refractivity contribution in [1.82, 2.24) is 24.5 Å². The summed E-state index contributed by atoms with van der Waals surface area (Å²) in [6, 6.07) is 75.8. The average Bonchev–Trinajstić information content (AvgIpc) is 4.35.